The zero-order valence-electron chi connectivity index (χ0n) is 15.2. The first-order valence-electron chi connectivity index (χ1n) is 9.16. The molecule has 0 spiro atoms. The topological polar surface area (TPSA) is 110 Å². The van der Waals surface area contributed by atoms with Gasteiger partial charge in [0, 0.05) is 18.2 Å². The van der Waals surface area contributed by atoms with Gasteiger partial charge < -0.3 is 21.5 Å². The van der Waals surface area contributed by atoms with Crippen LogP contribution in [0, 0.1) is 29.8 Å². The molecule has 1 radical (unpaired) electrons. The molecule has 2 bridgehead atoms. The van der Waals surface area contributed by atoms with Crippen LogP contribution < -0.4 is 11.5 Å². The molecule has 3 rings (SSSR count). The number of nitrogens with two attached hydrogens (primary N) is 2. The van der Waals surface area contributed by atoms with Crippen LogP contribution in [-0.4, -0.2) is 46.1 Å². The number of piperidine rings is 1. The predicted molar refractivity (Wildman–Crippen MR) is 93.9 cm³/mol. The van der Waals surface area contributed by atoms with Crippen molar-refractivity contribution in [3.05, 3.63) is 41.6 Å². The minimum atomic E-state index is -1.27. The van der Waals surface area contributed by atoms with E-state index < -0.39 is 47.5 Å². The number of rotatable bonds is 6. The molecule has 2 aliphatic rings. The number of fused-ring (bicyclic) bond motifs is 2. The summed E-state index contributed by atoms with van der Waals surface area (Å²) >= 11 is 0. The molecule has 4 atom stereocenters. The molecule has 2 fully saturated rings. The normalized spacial score (nSPS) is 27.7. The summed E-state index contributed by atoms with van der Waals surface area (Å²) in [6.07, 6.45) is 2.69. The molecule has 2 aliphatic heterocycles. The average molecular weight is 398 g/mol. The summed E-state index contributed by atoms with van der Waals surface area (Å²) in [6, 6.07) is 0.371. The van der Waals surface area contributed by atoms with E-state index in [0.29, 0.717) is 25.3 Å². The van der Waals surface area contributed by atoms with Crippen LogP contribution in [0.2, 0.25) is 0 Å². The van der Waals surface area contributed by atoms with Crippen LogP contribution in [0.15, 0.2) is 12.1 Å². The van der Waals surface area contributed by atoms with Crippen molar-refractivity contribution in [2.45, 2.75) is 49.7 Å². The van der Waals surface area contributed by atoms with Crippen molar-refractivity contribution in [2.75, 3.05) is 6.61 Å². The van der Waals surface area contributed by atoms with Gasteiger partial charge in [-0.15, -0.1) is 0 Å². The number of nitrogens with zero attached hydrogens (tertiary/aromatic N) is 1. The summed E-state index contributed by atoms with van der Waals surface area (Å²) in [5, 5.41) is 9.02. The van der Waals surface area contributed by atoms with Gasteiger partial charge in [-0.1, -0.05) is 0 Å². The number of carbonyl (C=O) groups excluding carboxylic acids is 2. The quantitative estimate of drug-likeness (QED) is 0.616. The summed E-state index contributed by atoms with van der Waals surface area (Å²) in [5.74, 6) is -4.67. The van der Waals surface area contributed by atoms with Gasteiger partial charge in [-0.3, -0.25) is 9.59 Å². The molecule has 153 valence electrons. The first-order valence-corrected chi connectivity index (χ1v) is 9.16. The molecule has 2 amide bonds. The summed E-state index contributed by atoms with van der Waals surface area (Å²) in [5.41, 5.74) is 10.6. The van der Waals surface area contributed by atoms with Crippen molar-refractivity contribution < 1.29 is 27.9 Å². The van der Waals surface area contributed by atoms with Gasteiger partial charge in [0.2, 0.25) is 11.8 Å². The van der Waals surface area contributed by atoms with Crippen molar-refractivity contribution in [3.8, 4) is 0 Å². The number of carbonyl (C=O) groups is 2. The lowest BCUT2D eigenvalue weighted by molar-refractivity contribution is -0.148. The second kappa shape index (κ2) is 7.71. The van der Waals surface area contributed by atoms with Crippen LogP contribution in [0.3, 0.4) is 0 Å². The number of aliphatic hydroxyl groups is 1. The van der Waals surface area contributed by atoms with Crippen LogP contribution in [-0.2, 0) is 16.0 Å². The van der Waals surface area contributed by atoms with E-state index in [1.807, 2.05) is 0 Å². The van der Waals surface area contributed by atoms with Gasteiger partial charge in [-0.05, 0) is 49.7 Å². The minimum absolute atomic E-state index is 0.0357. The van der Waals surface area contributed by atoms with Crippen LogP contribution in [0.25, 0.3) is 0 Å². The van der Waals surface area contributed by atoms with E-state index in [9.17, 15) is 22.8 Å². The predicted octanol–water partition coefficient (Wildman–Crippen LogP) is 0.795. The smallest absolute Gasteiger partial charge is 0.243 e. The van der Waals surface area contributed by atoms with Crippen LogP contribution in [0.4, 0.5) is 13.2 Å². The van der Waals surface area contributed by atoms with Crippen molar-refractivity contribution >= 4 is 11.8 Å². The fourth-order valence-corrected chi connectivity index (χ4v) is 4.67. The van der Waals surface area contributed by atoms with E-state index in [1.165, 1.54) is 4.90 Å². The highest BCUT2D eigenvalue weighted by atomic mass is 19.2. The largest absolute Gasteiger partial charge is 0.396 e. The van der Waals surface area contributed by atoms with Crippen LogP contribution >= 0.6 is 0 Å². The SMILES string of the molecule is NC(=O)[C@]12CCC(CC([C@H](N)Cc3cc(F)c(F)cc3F)C1)N2C(=O)[CH]CO. The highest BCUT2D eigenvalue weighted by Crippen LogP contribution is 2.47. The fraction of sp³-hybridized carbons (Fsp3) is 0.526. The average Bonchev–Trinajstić information content (AvgIpc) is 2.87. The molecule has 0 aromatic heterocycles. The highest BCUT2D eigenvalue weighted by molar-refractivity contribution is 5.94. The fourth-order valence-electron chi connectivity index (χ4n) is 4.67. The maximum atomic E-state index is 14.0. The molecule has 28 heavy (non-hydrogen) atoms. The molecule has 5 N–H and O–H groups in total. The Morgan fingerprint density at radius 3 is 2.61 bits per heavy atom. The maximum Gasteiger partial charge on any atom is 0.243 e. The Morgan fingerprint density at radius 1 is 1.29 bits per heavy atom. The monoisotopic (exact) mass is 398 g/mol. The lowest BCUT2D eigenvalue weighted by Crippen LogP contribution is -2.63. The first-order chi connectivity index (χ1) is 13.2. The number of benzene rings is 1. The van der Waals surface area contributed by atoms with E-state index in [-0.39, 0.29) is 30.4 Å². The molecular formula is C19H23F3N3O3. The van der Waals surface area contributed by atoms with Crippen molar-refractivity contribution in [1.82, 2.24) is 4.90 Å². The summed E-state index contributed by atoms with van der Waals surface area (Å²) in [6.45, 7) is -0.449. The van der Waals surface area contributed by atoms with E-state index in [2.05, 4.69) is 0 Å². The van der Waals surface area contributed by atoms with Gasteiger partial charge in [0.1, 0.15) is 11.4 Å². The lowest BCUT2D eigenvalue weighted by Gasteiger charge is -2.47. The number of hydrogen-bond donors (Lipinski definition) is 3. The van der Waals surface area contributed by atoms with Gasteiger partial charge in [0.05, 0.1) is 13.0 Å². The van der Waals surface area contributed by atoms with Gasteiger partial charge in [-0.2, -0.15) is 0 Å². The Labute approximate surface area is 160 Å². The second-order valence-corrected chi connectivity index (χ2v) is 7.61. The third kappa shape index (κ3) is 3.48. The van der Waals surface area contributed by atoms with Gasteiger partial charge in [0.15, 0.2) is 11.6 Å². The van der Waals surface area contributed by atoms with Crippen LogP contribution in [0.1, 0.15) is 31.2 Å². The number of amides is 2. The molecule has 2 heterocycles. The highest BCUT2D eigenvalue weighted by Gasteiger charge is 2.57. The van der Waals surface area contributed by atoms with Crippen molar-refractivity contribution in [1.29, 1.82) is 0 Å². The molecule has 9 heteroatoms. The standard InChI is InChI=1S/C19H23F3N3O3/c20-13-8-15(22)14(21)6-10(13)7-16(23)11-5-12-1-3-19(9-11,18(24)28)25(12)17(27)2-4-26/h2,6,8,11-12,16,26H,1,3-5,7,9,23H2,(H2,24,28)/t11?,12?,16-,19+/m1/s1. The van der Waals surface area contributed by atoms with E-state index in [4.69, 9.17) is 16.6 Å². The van der Waals surface area contributed by atoms with Crippen molar-refractivity contribution in [2.24, 2.45) is 17.4 Å². The summed E-state index contributed by atoms with van der Waals surface area (Å²) in [4.78, 5) is 26.1. The molecule has 1 aromatic rings. The number of primary amides is 1. The number of aliphatic hydroxyl groups excluding tert-OH is 1. The second-order valence-electron chi connectivity index (χ2n) is 7.61. The Balaban J connectivity index is 1.81. The Kier molecular flexibility index (Phi) is 5.67. The van der Waals surface area contributed by atoms with Crippen molar-refractivity contribution in [3.63, 3.8) is 0 Å². The third-order valence-corrected chi connectivity index (χ3v) is 6.00. The number of hydrogen-bond acceptors (Lipinski definition) is 4. The molecule has 6 nitrogen and oxygen atoms in total. The van der Waals surface area contributed by atoms with Gasteiger partial charge in [0.25, 0.3) is 0 Å². The lowest BCUT2D eigenvalue weighted by atomic mass is 9.76. The molecule has 2 unspecified atom stereocenters. The molecule has 1 aromatic carbocycles. The van der Waals surface area contributed by atoms with Gasteiger partial charge >= 0.3 is 0 Å². The first kappa shape index (κ1) is 20.6. The van der Waals surface area contributed by atoms with Crippen LogP contribution in [0.5, 0.6) is 0 Å². The Hall–Kier alpha value is -2.13. The Bertz CT molecular complexity index is 791. The Morgan fingerprint density at radius 2 is 1.96 bits per heavy atom. The zero-order chi connectivity index (χ0) is 20.6. The van der Waals surface area contributed by atoms with E-state index in [1.54, 1.807) is 0 Å². The number of halogens is 3. The maximum absolute atomic E-state index is 14.0. The molecule has 0 aliphatic carbocycles. The molecule has 0 saturated carbocycles. The van der Waals surface area contributed by atoms with E-state index >= 15 is 0 Å². The van der Waals surface area contributed by atoms with Gasteiger partial charge in [-0.25, -0.2) is 13.2 Å². The molecular weight excluding hydrogens is 375 g/mol. The third-order valence-electron chi connectivity index (χ3n) is 6.00. The minimum Gasteiger partial charge on any atom is -0.396 e. The zero-order valence-corrected chi connectivity index (χ0v) is 15.2. The molecule has 2 saturated heterocycles. The summed E-state index contributed by atoms with van der Waals surface area (Å²) < 4.78 is 40.5. The van der Waals surface area contributed by atoms with E-state index in [0.717, 1.165) is 12.5 Å². The summed E-state index contributed by atoms with van der Waals surface area (Å²) in [7, 11) is 0.